The van der Waals surface area contributed by atoms with Crippen molar-refractivity contribution in [1.29, 1.82) is 0 Å². The molecule has 0 N–H and O–H groups in total. The molecule has 9 nitrogen and oxygen atoms in total. The lowest BCUT2D eigenvalue weighted by Crippen LogP contribution is -2.22. The molecule has 31 heavy (non-hydrogen) atoms. The van der Waals surface area contributed by atoms with Crippen LogP contribution in [0.4, 0.5) is 0 Å². The van der Waals surface area contributed by atoms with Gasteiger partial charge in [0.2, 0.25) is 5.16 Å². The molecule has 0 fully saturated rings. The molecule has 0 radical (unpaired) electrons. The summed E-state index contributed by atoms with van der Waals surface area (Å²) in [6.07, 6.45) is 0. The molecular weight excluding hydrogens is 416 g/mol. The van der Waals surface area contributed by atoms with E-state index < -0.39 is 5.63 Å². The summed E-state index contributed by atoms with van der Waals surface area (Å²) < 4.78 is 9.99. The van der Waals surface area contributed by atoms with Gasteiger partial charge in [-0.15, -0.1) is 5.10 Å². The van der Waals surface area contributed by atoms with E-state index in [9.17, 15) is 9.59 Å². The summed E-state index contributed by atoms with van der Waals surface area (Å²) in [5.41, 5.74) is 1.52. The lowest BCUT2D eigenvalue weighted by molar-refractivity contribution is 0.557. The molecule has 2 aromatic carbocycles. The van der Waals surface area contributed by atoms with Crippen molar-refractivity contribution in [2.24, 2.45) is 7.05 Å². The highest BCUT2D eigenvalue weighted by Gasteiger charge is 2.22. The maximum absolute atomic E-state index is 13.3. The average molecular weight is 432 g/mol. The van der Waals surface area contributed by atoms with E-state index >= 15 is 0 Å². The Hall–Kier alpha value is -3.92. The Morgan fingerprint density at radius 3 is 2.55 bits per heavy atom. The molecule has 0 atom stereocenters. The largest absolute Gasteiger partial charge is 0.423 e. The van der Waals surface area contributed by atoms with Crippen LogP contribution in [0.25, 0.3) is 22.3 Å². The number of aromatic nitrogens is 6. The number of para-hydroxylation sites is 2. The Bertz CT molecular complexity index is 1530. The van der Waals surface area contributed by atoms with Gasteiger partial charge in [0.15, 0.2) is 5.69 Å². The van der Waals surface area contributed by atoms with Crippen molar-refractivity contribution in [3.8, 4) is 11.4 Å². The Labute approximate surface area is 179 Å². The molecule has 154 valence electrons. The topological polar surface area (TPSA) is 101 Å². The molecule has 3 aromatic heterocycles. The number of tetrazole rings is 1. The first kappa shape index (κ1) is 19.1. The number of rotatable bonds is 4. The quantitative estimate of drug-likeness (QED) is 0.403. The van der Waals surface area contributed by atoms with Gasteiger partial charge in [0.1, 0.15) is 5.58 Å². The molecule has 10 heteroatoms. The smallest absolute Gasteiger partial charge is 0.337 e. The lowest BCUT2D eigenvalue weighted by Gasteiger charge is -2.07. The maximum atomic E-state index is 13.3. The summed E-state index contributed by atoms with van der Waals surface area (Å²) in [6.45, 7) is 1.83. The number of hydrogen-bond donors (Lipinski definition) is 0. The van der Waals surface area contributed by atoms with Crippen molar-refractivity contribution in [1.82, 2.24) is 29.6 Å². The van der Waals surface area contributed by atoms with Crippen LogP contribution >= 0.6 is 11.8 Å². The number of nitrogens with zero attached hydrogens (tertiary/aromatic N) is 6. The fraction of sp³-hybridized carbons (Fsp3) is 0.0952. The van der Waals surface area contributed by atoms with E-state index in [2.05, 4.69) is 15.5 Å². The summed E-state index contributed by atoms with van der Waals surface area (Å²) in [4.78, 5) is 26.0. The van der Waals surface area contributed by atoms with Gasteiger partial charge in [-0.3, -0.25) is 9.48 Å². The molecule has 5 aromatic rings. The van der Waals surface area contributed by atoms with Crippen molar-refractivity contribution in [2.45, 2.75) is 17.0 Å². The first-order valence-corrected chi connectivity index (χ1v) is 10.2. The molecular formula is C21H16N6O3S. The Kier molecular flexibility index (Phi) is 4.55. The zero-order valence-corrected chi connectivity index (χ0v) is 17.4. The Balaban J connectivity index is 1.65. The summed E-state index contributed by atoms with van der Waals surface area (Å²) >= 11 is 1.20. The first-order chi connectivity index (χ1) is 15.0. The SMILES string of the molecule is Cc1c(-n2nnnc2Sc2cc(=O)oc3ccccc23)c(=O)n(-c2ccccc2)n1C. The van der Waals surface area contributed by atoms with Crippen LogP contribution in [-0.4, -0.2) is 29.6 Å². The second kappa shape index (κ2) is 7.40. The van der Waals surface area contributed by atoms with E-state index in [-0.39, 0.29) is 5.56 Å². The molecule has 0 aliphatic rings. The second-order valence-electron chi connectivity index (χ2n) is 6.81. The van der Waals surface area contributed by atoms with Gasteiger partial charge >= 0.3 is 5.63 Å². The van der Waals surface area contributed by atoms with Crippen LogP contribution in [0, 0.1) is 6.92 Å². The van der Waals surface area contributed by atoms with Crippen LogP contribution < -0.4 is 11.2 Å². The maximum Gasteiger partial charge on any atom is 0.337 e. The molecule has 0 aliphatic carbocycles. The Morgan fingerprint density at radius 2 is 1.74 bits per heavy atom. The third-order valence-corrected chi connectivity index (χ3v) is 5.98. The minimum atomic E-state index is -0.470. The molecule has 3 heterocycles. The molecule has 0 amide bonds. The minimum Gasteiger partial charge on any atom is -0.423 e. The predicted octanol–water partition coefficient (Wildman–Crippen LogP) is 2.72. The predicted molar refractivity (Wildman–Crippen MR) is 115 cm³/mol. The zero-order valence-electron chi connectivity index (χ0n) is 16.6. The van der Waals surface area contributed by atoms with E-state index in [0.29, 0.717) is 27.0 Å². The highest BCUT2D eigenvalue weighted by Crippen LogP contribution is 2.32. The average Bonchev–Trinajstić information content (AvgIpc) is 3.30. The van der Waals surface area contributed by atoms with Crippen LogP contribution in [0.2, 0.25) is 0 Å². The summed E-state index contributed by atoms with van der Waals surface area (Å²) in [6, 6.07) is 18.0. The van der Waals surface area contributed by atoms with Crippen LogP contribution in [0.1, 0.15) is 5.69 Å². The van der Waals surface area contributed by atoms with Gasteiger partial charge in [0.05, 0.1) is 11.4 Å². The van der Waals surface area contributed by atoms with E-state index in [1.807, 2.05) is 49.4 Å². The number of hydrogen-bond acceptors (Lipinski definition) is 7. The highest BCUT2D eigenvalue weighted by atomic mass is 32.2. The Morgan fingerprint density at radius 1 is 1.00 bits per heavy atom. The standard InChI is InChI=1S/C21H16N6O3S/c1-13-19(20(29)27(25(13)2)14-8-4-3-5-9-14)26-21(22-23-24-26)31-17-12-18(28)30-16-11-7-6-10-15(16)17/h3-12H,1-2H3. The molecule has 0 spiro atoms. The number of fused-ring (bicyclic) bond motifs is 1. The van der Waals surface area contributed by atoms with Gasteiger partial charge in [-0.2, -0.15) is 4.68 Å². The van der Waals surface area contributed by atoms with Crippen LogP contribution in [0.3, 0.4) is 0 Å². The van der Waals surface area contributed by atoms with Crippen LogP contribution in [0.15, 0.2) is 84.7 Å². The molecule has 0 saturated heterocycles. The molecule has 0 unspecified atom stereocenters. The van der Waals surface area contributed by atoms with Crippen LogP contribution in [0.5, 0.6) is 0 Å². The fourth-order valence-electron chi connectivity index (χ4n) is 3.45. The van der Waals surface area contributed by atoms with Gasteiger partial charge in [-0.05, 0) is 47.3 Å². The van der Waals surface area contributed by atoms with Crippen molar-refractivity contribution in [2.75, 3.05) is 0 Å². The molecule has 0 saturated carbocycles. The third-order valence-electron chi connectivity index (χ3n) is 4.99. The van der Waals surface area contributed by atoms with Crippen molar-refractivity contribution in [3.05, 3.63) is 87.1 Å². The van der Waals surface area contributed by atoms with Gasteiger partial charge < -0.3 is 4.42 Å². The summed E-state index contributed by atoms with van der Waals surface area (Å²) in [5.74, 6) is 0. The lowest BCUT2D eigenvalue weighted by atomic mass is 10.2. The normalized spacial score (nSPS) is 11.3. The summed E-state index contributed by atoms with van der Waals surface area (Å²) in [5, 5.41) is 13.0. The van der Waals surface area contributed by atoms with Gasteiger partial charge in [0, 0.05) is 23.4 Å². The minimum absolute atomic E-state index is 0.252. The van der Waals surface area contributed by atoms with Crippen molar-refractivity contribution >= 4 is 22.7 Å². The van der Waals surface area contributed by atoms with Gasteiger partial charge in [-0.25, -0.2) is 9.48 Å². The number of benzene rings is 2. The van der Waals surface area contributed by atoms with E-state index in [4.69, 9.17) is 4.42 Å². The van der Waals surface area contributed by atoms with E-state index in [1.54, 1.807) is 28.5 Å². The van der Waals surface area contributed by atoms with Gasteiger partial charge in [-0.1, -0.05) is 36.4 Å². The molecule has 5 rings (SSSR count). The van der Waals surface area contributed by atoms with Crippen molar-refractivity contribution < 1.29 is 4.42 Å². The van der Waals surface area contributed by atoms with Gasteiger partial charge in [0.25, 0.3) is 5.56 Å². The monoisotopic (exact) mass is 432 g/mol. The third kappa shape index (κ3) is 3.17. The molecule has 0 bridgehead atoms. The fourth-order valence-corrected chi connectivity index (χ4v) is 4.37. The second-order valence-corrected chi connectivity index (χ2v) is 7.82. The molecule has 0 aliphatic heterocycles. The zero-order chi connectivity index (χ0) is 21.5. The summed E-state index contributed by atoms with van der Waals surface area (Å²) in [7, 11) is 1.81. The highest BCUT2D eigenvalue weighted by molar-refractivity contribution is 7.99. The van der Waals surface area contributed by atoms with E-state index in [0.717, 1.165) is 11.1 Å². The van der Waals surface area contributed by atoms with Crippen molar-refractivity contribution in [3.63, 3.8) is 0 Å². The first-order valence-electron chi connectivity index (χ1n) is 9.38. The van der Waals surface area contributed by atoms with Crippen LogP contribution in [-0.2, 0) is 7.05 Å². The van der Waals surface area contributed by atoms with E-state index in [1.165, 1.54) is 22.5 Å².